The van der Waals surface area contributed by atoms with Gasteiger partial charge < -0.3 is 25.2 Å². The lowest BCUT2D eigenvalue weighted by Crippen LogP contribution is -2.53. The largest absolute Gasteiger partial charge is 0.468 e. The summed E-state index contributed by atoms with van der Waals surface area (Å²) in [7, 11) is 1.16. The highest BCUT2D eigenvalue weighted by atomic mass is 16.6. The molecular formula is C23H29N3O7. The van der Waals surface area contributed by atoms with Crippen molar-refractivity contribution in [1.29, 1.82) is 0 Å². The summed E-state index contributed by atoms with van der Waals surface area (Å²) in [6, 6.07) is 5.76. The van der Waals surface area contributed by atoms with Crippen LogP contribution in [0, 0.1) is 12.5 Å². The molecular weight excluding hydrogens is 430 g/mol. The van der Waals surface area contributed by atoms with Crippen molar-refractivity contribution in [2.45, 2.75) is 38.5 Å². The molecule has 1 aromatic rings. The number of ether oxygens (including phenoxy) is 2. The van der Waals surface area contributed by atoms with Gasteiger partial charge in [0, 0.05) is 6.04 Å². The third kappa shape index (κ3) is 8.31. The first-order valence-corrected chi connectivity index (χ1v) is 9.94. The van der Waals surface area contributed by atoms with E-state index in [4.69, 9.17) is 11.2 Å². The van der Waals surface area contributed by atoms with Gasteiger partial charge in [-0.3, -0.25) is 19.3 Å². The van der Waals surface area contributed by atoms with Crippen molar-refractivity contribution >= 4 is 30.0 Å². The van der Waals surface area contributed by atoms with Crippen LogP contribution in [0.3, 0.4) is 0 Å². The lowest BCUT2D eigenvalue weighted by Gasteiger charge is -2.29. The van der Waals surface area contributed by atoms with Crippen LogP contribution in [0.2, 0.25) is 0 Å². The number of esters is 1. The smallest absolute Gasteiger partial charge is 0.408 e. The lowest BCUT2D eigenvalue weighted by molar-refractivity contribution is -0.143. The Kier molecular flexibility index (Phi) is 10.1. The minimum Gasteiger partial charge on any atom is -0.468 e. The van der Waals surface area contributed by atoms with E-state index in [9.17, 15) is 24.3 Å². The van der Waals surface area contributed by atoms with Gasteiger partial charge in [-0.05, 0) is 38.0 Å². The summed E-state index contributed by atoms with van der Waals surface area (Å²) < 4.78 is 9.62. The van der Waals surface area contributed by atoms with Crippen molar-refractivity contribution in [3.63, 3.8) is 0 Å². The number of alkyl carbamates (subject to hydrolysis) is 1. The molecule has 0 aromatic heterocycles. The number of hydrogen-bond acceptors (Lipinski definition) is 7. The minimum atomic E-state index is -1.49. The quantitative estimate of drug-likeness (QED) is 0.284. The summed E-state index contributed by atoms with van der Waals surface area (Å²) in [6.45, 7) is 7.30. The first-order chi connectivity index (χ1) is 15.5. The Morgan fingerprint density at radius 2 is 1.97 bits per heavy atom. The van der Waals surface area contributed by atoms with E-state index in [1.807, 2.05) is 0 Å². The monoisotopic (exact) mass is 459 g/mol. The minimum absolute atomic E-state index is 0.315. The molecule has 0 saturated carbocycles. The van der Waals surface area contributed by atoms with Crippen LogP contribution in [0.15, 0.2) is 30.8 Å². The number of carbonyl (C=O) groups is 4. The van der Waals surface area contributed by atoms with Crippen molar-refractivity contribution in [2.75, 3.05) is 20.3 Å². The molecule has 33 heavy (non-hydrogen) atoms. The van der Waals surface area contributed by atoms with E-state index in [0.29, 0.717) is 11.1 Å². The van der Waals surface area contributed by atoms with Gasteiger partial charge >= 0.3 is 12.1 Å². The number of aliphatic hydroxyl groups excluding tert-OH is 1. The molecule has 0 heterocycles. The van der Waals surface area contributed by atoms with Gasteiger partial charge in [0.05, 0.1) is 13.7 Å². The zero-order chi connectivity index (χ0) is 25.2. The molecule has 0 fully saturated rings. The Hall–Kier alpha value is -3.84. The molecule has 0 aliphatic heterocycles. The number of terminal acetylenes is 1. The Morgan fingerprint density at radius 1 is 1.30 bits per heavy atom. The van der Waals surface area contributed by atoms with Crippen LogP contribution in [0.1, 0.15) is 37.9 Å². The normalized spacial score (nSPS) is 12.4. The van der Waals surface area contributed by atoms with Gasteiger partial charge in [-0.1, -0.05) is 37.3 Å². The summed E-state index contributed by atoms with van der Waals surface area (Å²) >= 11 is 0. The highest BCUT2D eigenvalue weighted by Gasteiger charge is 2.36. The number of methoxy groups -OCH3 is 1. The van der Waals surface area contributed by atoms with Gasteiger partial charge in [0.2, 0.25) is 5.91 Å². The molecule has 2 unspecified atom stereocenters. The first kappa shape index (κ1) is 27.2. The zero-order valence-electron chi connectivity index (χ0n) is 19.1. The second kappa shape index (κ2) is 12.3. The fourth-order valence-corrected chi connectivity index (χ4v) is 2.67. The molecule has 1 rings (SSSR count). The highest BCUT2D eigenvalue weighted by Crippen LogP contribution is 2.23. The number of hydrogen-bond donors (Lipinski definition) is 3. The molecule has 10 nitrogen and oxygen atoms in total. The van der Waals surface area contributed by atoms with Gasteiger partial charge in [0.1, 0.15) is 24.2 Å². The van der Waals surface area contributed by atoms with Crippen LogP contribution in [0.25, 0.3) is 6.08 Å². The topological polar surface area (TPSA) is 134 Å². The Bertz CT molecular complexity index is 931. The van der Waals surface area contributed by atoms with E-state index in [0.717, 1.165) is 12.0 Å². The van der Waals surface area contributed by atoms with E-state index >= 15 is 0 Å². The second-order valence-electron chi connectivity index (χ2n) is 7.79. The van der Waals surface area contributed by atoms with Gasteiger partial charge in [-0.2, -0.15) is 0 Å². The highest BCUT2D eigenvalue weighted by molar-refractivity contribution is 5.94. The fourth-order valence-electron chi connectivity index (χ4n) is 2.67. The number of nitrogens with zero attached hydrogens (tertiary/aromatic N) is 1. The van der Waals surface area contributed by atoms with E-state index in [-0.39, 0.29) is 0 Å². The maximum absolute atomic E-state index is 13.1. The number of amides is 3. The number of rotatable bonds is 9. The molecule has 1 aromatic carbocycles. The molecule has 2 atom stereocenters. The van der Waals surface area contributed by atoms with Crippen molar-refractivity contribution in [1.82, 2.24) is 15.5 Å². The third-order valence-electron chi connectivity index (χ3n) is 4.15. The van der Waals surface area contributed by atoms with Gasteiger partial charge in [-0.25, -0.2) is 4.79 Å². The van der Waals surface area contributed by atoms with Crippen LogP contribution in [0.4, 0.5) is 4.79 Å². The maximum Gasteiger partial charge on any atom is 0.408 e. The summed E-state index contributed by atoms with van der Waals surface area (Å²) in [6.07, 6.45) is 6.15. The van der Waals surface area contributed by atoms with Crippen LogP contribution < -0.4 is 10.6 Å². The molecule has 3 amide bonds. The van der Waals surface area contributed by atoms with E-state index in [1.165, 1.54) is 6.08 Å². The summed E-state index contributed by atoms with van der Waals surface area (Å²) in [4.78, 5) is 50.4. The maximum atomic E-state index is 13.1. The number of aliphatic hydroxyl groups is 1. The van der Waals surface area contributed by atoms with Crippen LogP contribution in [-0.2, 0) is 23.9 Å². The lowest BCUT2D eigenvalue weighted by atomic mass is 10.0. The molecule has 0 radical (unpaired) electrons. The predicted octanol–water partition coefficient (Wildman–Crippen LogP) is 0.965. The van der Waals surface area contributed by atoms with Crippen molar-refractivity contribution in [3.8, 4) is 12.5 Å². The molecule has 10 heteroatoms. The van der Waals surface area contributed by atoms with Crippen molar-refractivity contribution in [2.24, 2.45) is 0 Å². The Labute approximate surface area is 192 Å². The summed E-state index contributed by atoms with van der Waals surface area (Å²) in [5, 5.41) is 14.3. The van der Waals surface area contributed by atoms with Gasteiger partial charge in [0.25, 0.3) is 5.91 Å². The average molecular weight is 459 g/mol. The Morgan fingerprint density at radius 3 is 2.48 bits per heavy atom. The number of benzene rings is 1. The fraction of sp³-hybridized carbons (Fsp3) is 0.391. The molecule has 3 N–H and O–H groups in total. The summed E-state index contributed by atoms with van der Waals surface area (Å²) in [5.41, 5.74) is 0.115. The molecule has 0 aliphatic rings. The van der Waals surface area contributed by atoms with E-state index < -0.39 is 54.7 Å². The van der Waals surface area contributed by atoms with Crippen LogP contribution >= 0.6 is 0 Å². The first-order valence-electron chi connectivity index (χ1n) is 9.94. The van der Waals surface area contributed by atoms with Gasteiger partial charge in [-0.15, -0.1) is 0 Å². The number of nitrogens with one attached hydrogen (secondary N) is 2. The third-order valence-corrected chi connectivity index (χ3v) is 4.15. The van der Waals surface area contributed by atoms with Crippen molar-refractivity contribution < 1.29 is 33.8 Å². The van der Waals surface area contributed by atoms with E-state index in [1.54, 1.807) is 45.0 Å². The zero-order valence-corrected chi connectivity index (χ0v) is 19.1. The Balaban J connectivity index is 3.31. The average Bonchev–Trinajstić information content (AvgIpc) is 2.77. The predicted molar refractivity (Wildman–Crippen MR) is 120 cm³/mol. The summed E-state index contributed by atoms with van der Waals surface area (Å²) in [5.74, 6) is -2.42. The molecule has 178 valence electrons. The second-order valence-corrected chi connectivity index (χ2v) is 7.79. The standard InChI is InChI=1S/C23H29N3O7/c1-7-15-10-9-11-16(12-15)19(20(29)24-13-18(28)32-6)26(8-2)21(30)17(14-27)25-22(31)33-23(3,4)5/h2,7,9-12,17,19,27H,1,13-14H2,3-6H3,(H,24,29)(H,25,31). The van der Waals surface area contributed by atoms with Crippen LogP contribution in [-0.4, -0.2) is 65.8 Å². The van der Waals surface area contributed by atoms with Crippen LogP contribution in [0.5, 0.6) is 0 Å². The molecule has 0 aliphatic carbocycles. The molecule has 0 saturated heterocycles. The number of carbonyl (C=O) groups excluding carboxylic acids is 4. The molecule has 0 bridgehead atoms. The molecule has 0 spiro atoms. The SMILES string of the molecule is C#CN(C(=O)C(CO)NC(=O)OC(C)(C)C)C(C(=O)NCC(=O)OC)c1cccc(C=C)c1. The van der Waals surface area contributed by atoms with Gasteiger partial charge in [0.15, 0.2) is 0 Å². The van der Waals surface area contributed by atoms with Crippen molar-refractivity contribution in [3.05, 3.63) is 42.0 Å². The van der Waals surface area contributed by atoms with E-state index in [2.05, 4.69) is 28.0 Å².